The summed E-state index contributed by atoms with van der Waals surface area (Å²) in [5.41, 5.74) is 7.71. The molecule has 0 spiro atoms. The number of fused-ring (bicyclic) bond motifs is 1. The van der Waals surface area contributed by atoms with Crippen molar-refractivity contribution in [3.05, 3.63) is 28.2 Å². The van der Waals surface area contributed by atoms with Crippen molar-refractivity contribution in [2.45, 2.75) is 31.7 Å². The third-order valence-electron chi connectivity index (χ3n) is 4.70. The molecule has 0 aliphatic heterocycles. The molecule has 3 atom stereocenters. The highest BCUT2D eigenvalue weighted by molar-refractivity contribution is 9.10. The van der Waals surface area contributed by atoms with Gasteiger partial charge in [-0.2, -0.15) is 0 Å². The highest BCUT2D eigenvalue weighted by Gasteiger charge is 2.53. The number of benzene rings is 1. The molecule has 2 aliphatic carbocycles. The van der Waals surface area contributed by atoms with Crippen LogP contribution in [0.1, 0.15) is 37.3 Å². The zero-order valence-electron chi connectivity index (χ0n) is 10.7. The lowest BCUT2D eigenvalue weighted by Gasteiger charge is -2.15. The second kappa shape index (κ2) is 4.86. The highest BCUT2D eigenvalue weighted by atomic mass is 79.9. The van der Waals surface area contributed by atoms with Crippen LogP contribution in [-0.2, 0) is 0 Å². The largest absolute Gasteiger partial charge is 0.497 e. The first-order chi connectivity index (χ1) is 8.72. The van der Waals surface area contributed by atoms with Gasteiger partial charge in [-0.1, -0.05) is 34.8 Å². The first kappa shape index (κ1) is 12.5. The molecule has 3 unspecified atom stereocenters. The summed E-state index contributed by atoms with van der Waals surface area (Å²) in [7, 11) is 1.69. The van der Waals surface area contributed by atoms with E-state index in [1.165, 1.54) is 31.2 Å². The number of rotatable bonds is 3. The minimum atomic E-state index is 0.179. The number of nitrogens with two attached hydrogens (primary N) is 1. The van der Waals surface area contributed by atoms with Crippen molar-refractivity contribution in [2.75, 3.05) is 7.11 Å². The minimum Gasteiger partial charge on any atom is -0.497 e. The lowest BCUT2D eigenvalue weighted by molar-refractivity contribution is 0.414. The summed E-state index contributed by atoms with van der Waals surface area (Å²) in [5, 5.41) is 0. The van der Waals surface area contributed by atoms with Gasteiger partial charge in [0.1, 0.15) is 5.75 Å². The Morgan fingerprint density at radius 3 is 2.50 bits per heavy atom. The van der Waals surface area contributed by atoms with Crippen LogP contribution < -0.4 is 10.5 Å². The van der Waals surface area contributed by atoms with E-state index >= 15 is 0 Å². The molecule has 2 N–H and O–H groups in total. The second-order valence-electron chi connectivity index (χ2n) is 5.60. The topological polar surface area (TPSA) is 35.2 Å². The molecular weight excluding hydrogens is 290 g/mol. The Morgan fingerprint density at radius 1 is 1.28 bits per heavy atom. The maximum atomic E-state index is 6.48. The maximum absolute atomic E-state index is 6.48. The smallest absolute Gasteiger partial charge is 0.120 e. The molecule has 2 nitrogen and oxygen atoms in total. The van der Waals surface area contributed by atoms with E-state index < -0.39 is 0 Å². The average Bonchev–Trinajstić information content (AvgIpc) is 3.12. The predicted molar refractivity (Wildman–Crippen MR) is 76.6 cm³/mol. The third-order valence-corrected chi connectivity index (χ3v) is 5.39. The summed E-state index contributed by atoms with van der Waals surface area (Å²) in [6.45, 7) is 0. The standard InChI is InChI=1S/C15H20BrNO/c1-18-9-6-7-12(13(16)8-9)15(17)14-10-4-2-3-5-11(10)14/h6-8,10-11,14-15H,2-5,17H2,1H3. The molecule has 0 heterocycles. The van der Waals surface area contributed by atoms with Crippen LogP contribution in [0.2, 0.25) is 0 Å². The van der Waals surface area contributed by atoms with E-state index in [4.69, 9.17) is 10.5 Å². The Bertz CT molecular complexity index is 436. The molecule has 2 fully saturated rings. The SMILES string of the molecule is COc1ccc(C(N)C2C3CCCCC32)c(Br)c1. The van der Waals surface area contributed by atoms with E-state index in [0.29, 0.717) is 5.92 Å². The zero-order chi connectivity index (χ0) is 12.7. The van der Waals surface area contributed by atoms with Gasteiger partial charge in [0.15, 0.2) is 0 Å². The summed E-state index contributed by atoms with van der Waals surface area (Å²) in [4.78, 5) is 0. The molecule has 0 radical (unpaired) electrons. The highest BCUT2D eigenvalue weighted by Crippen LogP contribution is 2.60. The van der Waals surface area contributed by atoms with Crippen LogP contribution in [0.25, 0.3) is 0 Å². The van der Waals surface area contributed by atoms with Crippen molar-refractivity contribution in [1.29, 1.82) is 0 Å². The molecule has 18 heavy (non-hydrogen) atoms. The fraction of sp³-hybridized carbons (Fsp3) is 0.600. The van der Waals surface area contributed by atoms with Crippen LogP contribution in [0, 0.1) is 17.8 Å². The Hall–Kier alpha value is -0.540. The van der Waals surface area contributed by atoms with Gasteiger partial charge in [-0.15, -0.1) is 0 Å². The van der Waals surface area contributed by atoms with Crippen molar-refractivity contribution < 1.29 is 4.74 Å². The van der Waals surface area contributed by atoms with Crippen molar-refractivity contribution in [3.63, 3.8) is 0 Å². The lowest BCUT2D eigenvalue weighted by Crippen LogP contribution is -2.15. The predicted octanol–water partition coefficient (Wildman–Crippen LogP) is 3.89. The molecular formula is C15H20BrNO. The number of halogens is 1. The molecule has 2 saturated carbocycles. The van der Waals surface area contributed by atoms with Crippen molar-refractivity contribution >= 4 is 15.9 Å². The van der Waals surface area contributed by atoms with Crippen LogP contribution in [0.15, 0.2) is 22.7 Å². The van der Waals surface area contributed by atoms with Gasteiger partial charge in [-0.3, -0.25) is 0 Å². The van der Waals surface area contributed by atoms with Gasteiger partial charge in [0.25, 0.3) is 0 Å². The summed E-state index contributed by atoms with van der Waals surface area (Å²) < 4.78 is 6.31. The van der Waals surface area contributed by atoms with E-state index in [1.54, 1.807) is 7.11 Å². The summed E-state index contributed by atoms with van der Waals surface area (Å²) in [6.07, 6.45) is 5.57. The van der Waals surface area contributed by atoms with E-state index in [-0.39, 0.29) is 6.04 Å². The fourth-order valence-electron chi connectivity index (χ4n) is 3.69. The monoisotopic (exact) mass is 309 g/mol. The normalized spacial score (nSPS) is 31.6. The van der Waals surface area contributed by atoms with Crippen LogP contribution in [0.3, 0.4) is 0 Å². The van der Waals surface area contributed by atoms with Crippen LogP contribution in [-0.4, -0.2) is 7.11 Å². The van der Waals surface area contributed by atoms with Crippen molar-refractivity contribution in [1.82, 2.24) is 0 Å². The first-order valence-corrected chi connectivity index (χ1v) is 7.60. The molecule has 0 saturated heterocycles. The average molecular weight is 310 g/mol. The number of methoxy groups -OCH3 is 1. The molecule has 0 amide bonds. The molecule has 3 rings (SSSR count). The van der Waals surface area contributed by atoms with Gasteiger partial charge in [-0.25, -0.2) is 0 Å². The van der Waals surface area contributed by atoms with Gasteiger partial charge >= 0.3 is 0 Å². The van der Waals surface area contributed by atoms with E-state index in [0.717, 1.165) is 22.1 Å². The molecule has 2 aliphatic rings. The third kappa shape index (κ3) is 2.08. The Kier molecular flexibility index (Phi) is 3.37. The van der Waals surface area contributed by atoms with Gasteiger partial charge in [0, 0.05) is 10.5 Å². The van der Waals surface area contributed by atoms with E-state index in [2.05, 4.69) is 22.0 Å². The fourth-order valence-corrected chi connectivity index (χ4v) is 4.32. The molecule has 1 aromatic carbocycles. The van der Waals surface area contributed by atoms with Gasteiger partial charge < -0.3 is 10.5 Å². The molecule has 0 aromatic heterocycles. The maximum Gasteiger partial charge on any atom is 0.120 e. The summed E-state index contributed by atoms with van der Waals surface area (Å²) >= 11 is 3.62. The van der Waals surface area contributed by atoms with Crippen molar-refractivity contribution in [2.24, 2.45) is 23.5 Å². The molecule has 3 heteroatoms. The van der Waals surface area contributed by atoms with Gasteiger partial charge in [-0.05, 0) is 48.3 Å². The Balaban J connectivity index is 1.78. The van der Waals surface area contributed by atoms with E-state index in [9.17, 15) is 0 Å². The summed E-state index contributed by atoms with van der Waals surface area (Å²) in [5.74, 6) is 3.37. The Morgan fingerprint density at radius 2 is 1.94 bits per heavy atom. The minimum absolute atomic E-state index is 0.179. The number of hydrogen-bond donors (Lipinski definition) is 1. The second-order valence-corrected chi connectivity index (χ2v) is 6.46. The van der Waals surface area contributed by atoms with Crippen LogP contribution >= 0.6 is 15.9 Å². The van der Waals surface area contributed by atoms with Crippen LogP contribution in [0.4, 0.5) is 0 Å². The number of ether oxygens (including phenoxy) is 1. The zero-order valence-corrected chi connectivity index (χ0v) is 12.3. The quantitative estimate of drug-likeness (QED) is 0.919. The van der Waals surface area contributed by atoms with Gasteiger partial charge in [0.05, 0.1) is 7.11 Å². The van der Waals surface area contributed by atoms with E-state index in [1.807, 2.05) is 12.1 Å². The molecule has 98 valence electrons. The Labute approximate surface area is 117 Å². The van der Waals surface area contributed by atoms with Crippen LogP contribution in [0.5, 0.6) is 5.75 Å². The number of hydrogen-bond acceptors (Lipinski definition) is 2. The molecule has 1 aromatic rings. The van der Waals surface area contributed by atoms with Gasteiger partial charge in [0.2, 0.25) is 0 Å². The molecule has 0 bridgehead atoms. The summed E-state index contributed by atoms with van der Waals surface area (Å²) in [6, 6.07) is 6.31. The first-order valence-electron chi connectivity index (χ1n) is 6.81. The van der Waals surface area contributed by atoms with Crippen molar-refractivity contribution in [3.8, 4) is 5.75 Å². The lowest BCUT2D eigenvalue weighted by atomic mass is 10.0.